The molecule has 3 rings (SSSR count). The summed E-state index contributed by atoms with van der Waals surface area (Å²) in [5.74, 6) is 0. The van der Waals surface area contributed by atoms with E-state index in [0.717, 1.165) is 22.0 Å². The lowest BCUT2D eigenvalue weighted by molar-refractivity contribution is 1.08. The molecule has 0 aliphatic rings. The maximum Gasteiger partial charge on any atom is 0.273 e. The molecule has 0 aliphatic carbocycles. The van der Waals surface area contributed by atoms with Crippen molar-refractivity contribution in [2.45, 2.75) is 6.92 Å². The van der Waals surface area contributed by atoms with Gasteiger partial charge in [-0.15, -0.1) is 0 Å². The fourth-order valence-electron chi connectivity index (χ4n) is 1.88. The molecule has 3 aromatic rings. The Morgan fingerprint density at radius 1 is 1.25 bits per heavy atom. The Bertz CT molecular complexity index is 757. The number of aryl methyl sites for hydroxylation is 1. The summed E-state index contributed by atoms with van der Waals surface area (Å²) in [6.45, 7) is 1.91. The van der Waals surface area contributed by atoms with E-state index in [1.165, 1.54) is 0 Å². The summed E-state index contributed by atoms with van der Waals surface area (Å²) in [7, 11) is 0. The van der Waals surface area contributed by atoms with Crippen LogP contribution >= 0.6 is 11.6 Å². The summed E-state index contributed by atoms with van der Waals surface area (Å²) in [5, 5.41) is 7.55. The Hall–Kier alpha value is -1.81. The molecule has 0 saturated heterocycles. The van der Waals surface area contributed by atoms with Gasteiger partial charge in [-0.1, -0.05) is 11.6 Å². The van der Waals surface area contributed by atoms with Crippen LogP contribution in [0.5, 0.6) is 0 Å². The van der Waals surface area contributed by atoms with E-state index in [1.807, 2.05) is 19.1 Å². The first-order valence-electron chi connectivity index (χ1n) is 4.82. The van der Waals surface area contributed by atoms with Crippen molar-refractivity contribution in [1.29, 1.82) is 0 Å². The van der Waals surface area contributed by atoms with Crippen molar-refractivity contribution >= 4 is 33.4 Å². The lowest BCUT2D eigenvalue weighted by Gasteiger charge is -2.03. The van der Waals surface area contributed by atoms with Crippen LogP contribution in [0, 0.1) is 6.92 Å². The molecule has 0 spiro atoms. The Morgan fingerprint density at radius 2 is 2.06 bits per heavy atom. The number of hydrogen-bond donors (Lipinski definition) is 2. The third kappa shape index (κ3) is 1.10. The summed E-state index contributed by atoms with van der Waals surface area (Å²) in [6, 6.07) is 3.68. The molecular formula is C11H8ClN3O. The average molecular weight is 234 g/mol. The molecule has 0 bridgehead atoms. The molecule has 0 atom stereocenters. The largest absolute Gasteiger partial charge is 0.297 e. The standard InChI is InChI=1S/C11H8ClN3O/c1-5-8(12)3-2-6-9(5)13-4-7-10(6)14-15-11(7)16/h2-4H,1H3,(H2,14,15,16). The molecule has 0 unspecified atom stereocenters. The predicted octanol–water partition coefficient (Wildman–Crippen LogP) is 2.37. The smallest absolute Gasteiger partial charge is 0.273 e. The van der Waals surface area contributed by atoms with Crippen LogP contribution in [0.2, 0.25) is 5.02 Å². The maximum absolute atomic E-state index is 11.4. The van der Waals surface area contributed by atoms with Gasteiger partial charge in [0.15, 0.2) is 0 Å². The minimum atomic E-state index is -0.156. The number of aromatic amines is 2. The summed E-state index contributed by atoms with van der Waals surface area (Å²) in [4.78, 5) is 15.7. The molecule has 16 heavy (non-hydrogen) atoms. The van der Waals surface area contributed by atoms with E-state index in [-0.39, 0.29) is 5.56 Å². The quantitative estimate of drug-likeness (QED) is 0.626. The van der Waals surface area contributed by atoms with Crippen LogP contribution in [-0.4, -0.2) is 15.2 Å². The predicted molar refractivity (Wildman–Crippen MR) is 64.0 cm³/mol. The molecule has 80 valence electrons. The van der Waals surface area contributed by atoms with Crippen LogP contribution in [0.15, 0.2) is 23.1 Å². The van der Waals surface area contributed by atoms with Gasteiger partial charge in [0.2, 0.25) is 0 Å². The zero-order valence-electron chi connectivity index (χ0n) is 8.47. The maximum atomic E-state index is 11.4. The highest BCUT2D eigenvalue weighted by atomic mass is 35.5. The second kappa shape index (κ2) is 3.09. The second-order valence-corrected chi connectivity index (χ2v) is 4.10. The minimum absolute atomic E-state index is 0.156. The molecule has 4 nitrogen and oxygen atoms in total. The highest BCUT2D eigenvalue weighted by Crippen LogP contribution is 2.26. The number of halogens is 1. The number of pyridine rings is 1. The molecule has 2 aromatic heterocycles. The van der Waals surface area contributed by atoms with Gasteiger partial charge < -0.3 is 0 Å². The van der Waals surface area contributed by atoms with Gasteiger partial charge in [0, 0.05) is 16.6 Å². The molecule has 2 N–H and O–H groups in total. The molecule has 1 aromatic carbocycles. The van der Waals surface area contributed by atoms with Crippen molar-refractivity contribution in [3.63, 3.8) is 0 Å². The zero-order chi connectivity index (χ0) is 11.3. The van der Waals surface area contributed by atoms with Gasteiger partial charge in [-0.25, -0.2) is 0 Å². The van der Waals surface area contributed by atoms with Crippen molar-refractivity contribution in [3.05, 3.63) is 39.3 Å². The topological polar surface area (TPSA) is 61.5 Å². The monoisotopic (exact) mass is 233 g/mol. The first-order chi connectivity index (χ1) is 7.68. The van der Waals surface area contributed by atoms with Crippen molar-refractivity contribution in [2.75, 3.05) is 0 Å². The van der Waals surface area contributed by atoms with Crippen molar-refractivity contribution in [1.82, 2.24) is 15.2 Å². The number of H-pyrrole nitrogens is 2. The zero-order valence-corrected chi connectivity index (χ0v) is 9.22. The number of fused-ring (bicyclic) bond motifs is 3. The average Bonchev–Trinajstić information content (AvgIpc) is 2.66. The lowest BCUT2D eigenvalue weighted by Crippen LogP contribution is -1.97. The van der Waals surface area contributed by atoms with E-state index in [9.17, 15) is 4.79 Å². The van der Waals surface area contributed by atoms with Gasteiger partial charge in [0.25, 0.3) is 5.56 Å². The number of nitrogens with zero attached hydrogens (tertiary/aromatic N) is 1. The fraction of sp³-hybridized carbons (Fsp3) is 0.0909. The van der Waals surface area contributed by atoms with Crippen LogP contribution in [0.3, 0.4) is 0 Å². The molecule has 0 fully saturated rings. The normalized spacial score (nSPS) is 11.4. The fourth-order valence-corrected chi connectivity index (χ4v) is 2.03. The first-order valence-corrected chi connectivity index (χ1v) is 5.20. The van der Waals surface area contributed by atoms with E-state index in [2.05, 4.69) is 15.2 Å². The lowest BCUT2D eigenvalue weighted by atomic mass is 10.1. The van der Waals surface area contributed by atoms with Gasteiger partial charge in [0.05, 0.1) is 16.4 Å². The third-order valence-electron chi connectivity index (χ3n) is 2.77. The van der Waals surface area contributed by atoms with E-state index in [1.54, 1.807) is 6.20 Å². The molecular weight excluding hydrogens is 226 g/mol. The summed E-state index contributed by atoms with van der Waals surface area (Å²) >= 11 is 6.02. The van der Waals surface area contributed by atoms with Gasteiger partial charge in [-0.2, -0.15) is 0 Å². The molecule has 0 aliphatic heterocycles. The van der Waals surface area contributed by atoms with Crippen molar-refractivity contribution < 1.29 is 0 Å². The Labute approximate surface area is 95.2 Å². The third-order valence-corrected chi connectivity index (χ3v) is 3.18. The Balaban J connectivity index is 2.63. The number of nitrogens with one attached hydrogen (secondary N) is 2. The van der Waals surface area contributed by atoms with E-state index in [4.69, 9.17) is 11.6 Å². The minimum Gasteiger partial charge on any atom is -0.297 e. The van der Waals surface area contributed by atoms with Gasteiger partial charge >= 0.3 is 0 Å². The first kappa shape index (κ1) is 9.42. The Kier molecular flexibility index (Phi) is 1.82. The summed E-state index contributed by atoms with van der Waals surface area (Å²) in [5.41, 5.74) is 2.35. The number of aromatic nitrogens is 3. The molecule has 0 radical (unpaired) electrons. The van der Waals surface area contributed by atoms with Crippen LogP contribution in [-0.2, 0) is 0 Å². The molecule has 2 heterocycles. The number of rotatable bonds is 0. The van der Waals surface area contributed by atoms with Gasteiger partial charge in [-0.3, -0.25) is 20.0 Å². The van der Waals surface area contributed by atoms with Crippen LogP contribution < -0.4 is 5.56 Å². The SMILES string of the molecule is Cc1c(Cl)ccc2c1ncc1c(=O)[nH][nH]c12. The molecule has 0 amide bonds. The molecule has 0 saturated carbocycles. The molecule has 5 heteroatoms. The van der Waals surface area contributed by atoms with Gasteiger partial charge in [0.1, 0.15) is 0 Å². The second-order valence-electron chi connectivity index (χ2n) is 3.69. The van der Waals surface area contributed by atoms with Crippen LogP contribution in [0.4, 0.5) is 0 Å². The Morgan fingerprint density at radius 3 is 2.88 bits per heavy atom. The van der Waals surface area contributed by atoms with Crippen LogP contribution in [0.1, 0.15) is 5.56 Å². The number of hydrogen-bond acceptors (Lipinski definition) is 2. The highest BCUT2D eigenvalue weighted by Gasteiger charge is 2.09. The van der Waals surface area contributed by atoms with E-state index >= 15 is 0 Å². The number of benzene rings is 1. The van der Waals surface area contributed by atoms with E-state index < -0.39 is 0 Å². The van der Waals surface area contributed by atoms with Gasteiger partial charge in [-0.05, 0) is 24.6 Å². The van der Waals surface area contributed by atoms with Crippen molar-refractivity contribution in [2.24, 2.45) is 0 Å². The summed E-state index contributed by atoms with van der Waals surface area (Å²) < 4.78 is 0. The highest BCUT2D eigenvalue weighted by molar-refractivity contribution is 6.32. The van der Waals surface area contributed by atoms with Crippen molar-refractivity contribution in [3.8, 4) is 0 Å². The van der Waals surface area contributed by atoms with Crippen LogP contribution in [0.25, 0.3) is 21.8 Å². The van der Waals surface area contributed by atoms with E-state index in [0.29, 0.717) is 10.4 Å². The summed E-state index contributed by atoms with van der Waals surface area (Å²) in [6.07, 6.45) is 1.57.